The number of hydrogen-bond donors (Lipinski definition) is 3. The first-order chi connectivity index (χ1) is 8.20. The number of nitrogens with one attached hydrogen (secondary N) is 1. The van der Waals surface area contributed by atoms with Gasteiger partial charge in [-0.3, -0.25) is 0 Å². The van der Waals surface area contributed by atoms with Crippen LogP contribution in [0.5, 0.6) is 0 Å². The largest absolute Gasteiger partial charge is 0.488 e. The molecule has 1 heterocycles. The quantitative estimate of drug-likeness (QED) is 0.610. The first kappa shape index (κ1) is 12.1. The molecule has 3 N–H and O–H groups in total. The third-order valence-corrected chi connectivity index (χ3v) is 3.17. The predicted octanol–water partition coefficient (Wildman–Crippen LogP) is -0.295. The fourth-order valence-electron chi connectivity index (χ4n) is 2.26. The summed E-state index contributed by atoms with van der Waals surface area (Å²) in [4.78, 5) is 0. The molecule has 0 spiro atoms. The number of rotatable bonds is 2. The number of nitriles is 1. The molecule has 0 aromatic heterocycles. The fourth-order valence-corrected chi connectivity index (χ4v) is 2.26. The summed E-state index contributed by atoms with van der Waals surface area (Å²) in [5, 5.41) is 30.6. The molecule has 1 unspecified atom stereocenters. The van der Waals surface area contributed by atoms with Crippen LogP contribution in [0.3, 0.4) is 0 Å². The van der Waals surface area contributed by atoms with Crippen LogP contribution in [0.4, 0.5) is 0 Å². The lowest BCUT2D eigenvalue weighted by molar-refractivity contribution is 0.425. The van der Waals surface area contributed by atoms with Crippen molar-refractivity contribution in [3.63, 3.8) is 0 Å². The van der Waals surface area contributed by atoms with Crippen molar-refractivity contribution in [2.45, 2.75) is 18.8 Å². The summed E-state index contributed by atoms with van der Waals surface area (Å²) < 4.78 is 0. The van der Waals surface area contributed by atoms with E-state index in [0.29, 0.717) is 16.9 Å². The van der Waals surface area contributed by atoms with Gasteiger partial charge in [-0.05, 0) is 48.5 Å². The first-order valence-corrected chi connectivity index (χ1v) is 5.82. The van der Waals surface area contributed by atoms with Gasteiger partial charge in [0, 0.05) is 6.54 Å². The highest BCUT2D eigenvalue weighted by Gasteiger charge is 2.19. The Labute approximate surface area is 101 Å². The summed E-state index contributed by atoms with van der Waals surface area (Å²) in [5.41, 5.74) is 1.89. The number of piperidine rings is 1. The Kier molecular flexibility index (Phi) is 3.80. The van der Waals surface area contributed by atoms with Crippen LogP contribution < -0.4 is 10.8 Å². The molecular weight excluding hydrogens is 215 g/mol. The highest BCUT2D eigenvalue weighted by atomic mass is 16.4. The second-order valence-corrected chi connectivity index (χ2v) is 4.42. The molecule has 1 aliphatic heterocycles. The maximum atomic E-state index is 9.20. The Hall–Kier alpha value is -1.35. The van der Waals surface area contributed by atoms with Crippen LogP contribution >= 0.6 is 0 Å². The van der Waals surface area contributed by atoms with Gasteiger partial charge in [0.15, 0.2) is 0 Å². The van der Waals surface area contributed by atoms with Crippen molar-refractivity contribution in [2.24, 2.45) is 0 Å². The molecule has 17 heavy (non-hydrogen) atoms. The molecule has 2 rings (SSSR count). The Morgan fingerprint density at radius 2 is 2.18 bits per heavy atom. The van der Waals surface area contributed by atoms with Gasteiger partial charge in [0.2, 0.25) is 0 Å². The van der Waals surface area contributed by atoms with Crippen molar-refractivity contribution in [2.75, 3.05) is 13.1 Å². The number of nitrogens with zero attached hydrogens (tertiary/aromatic N) is 1. The Balaban J connectivity index is 2.32. The summed E-state index contributed by atoms with van der Waals surface area (Å²) in [6.45, 7) is 1.92. The second kappa shape index (κ2) is 5.32. The third-order valence-electron chi connectivity index (χ3n) is 3.17. The van der Waals surface area contributed by atoms with Crippen LogP contribution in [0.15, 0.2) is 18.2 Å². The molecule has 0 saturated carbocycles. The van der Waals surface area contributed by atoms with E-state index in [9.17, 15) is 10.0 Å². The van der Waals surface area contributed by atoms with Crippen LogP contribution in [0.25, 0.3) is 0 Å². The smallest absolute Gasteiger partial charge is 0.423 e. The van der Waals surface area contributed by atoms with E-state index in [1.165, 1.54) is 6.07 Å². The van der Waals surface area contributed by atoms with E-state index in [4.69, 9.17) is 5.26 Å². The summed E-state index contributed by atoms with van der Waals surface area (Å²) in [6.07, 6.45) is 2.18. The maximum absolute atomic E-state index is 9.20. The zero-order valence-electron chi connectivity index (χ0n) is 9.56. The molecule has 88 valence electrons. The van der Waals surface area contributed by atoms with E-state index in [1.807, 2.05) is 6.07 Å². The van der Waals surface area contributed by atoms with Gasteiger partial charge in [-0.1, -0.05) is 6.07 Å². The zero-order valence-corrected chi connectivity index (χ0v) is 9.56. The number of hydrogen-bond acceptors (Lipinski definition) is 4. The van der Waals surface area contributed by atoms with Gasteiger partial charge >= 0.3 is 7.12 Å². The molecule has 0 aliphatic carbocycles. The lowest BCUT2D eigenvalue weighted by Crippen LogP contribution is -2.32. The van der Waals surface area contributed by atoms with Crippen molar-refractivity contribution in [1.29, 1.82) is 5.26 Å². The van der Waals surface area contributed by atoms with E-state index in [0.717, 1.165) is 31.5 Å². The minimum absolute atomic E-state index is 0.356. The molecular formula is C12H15BN2O2. The Morgan fingerprint density at radius 3 is 2.76 bits per heavy atom. The van der Waals surface area contributed by atoms with Crippen molar-refractivity contribution < 1.29 is 10.0 Å². The SMILES string of the molecule is N#Cc1cc(B(O)O)cc(C2CCCNC2)c1. The third kappa shape index (κ3) is 2.86. The average molecular weight is 230 g/mol. The number of benzene rings is 1. The van der Waals surface area contributed by atoms with Crippen LogP contribution in [-0.4, -0.2) is 30.3 Å². The lowest BCUT2D eigenvalue weighted by Gasteiger charge is -2.23. The van der Waals surface area contributed by atoms with Gasteiger partial charge in [-0.2, -0.15) is 5.26 Å². The molecule has 0 amide bonds. The van der Waals surface area contributed by atoms with Crippen LogP contribution in [0.1, 0.15) is 29.9 Å². The van der Waals surface area contributed by atoms with E-state index >= 15 is 0 Å². The summed E-state index contributed by atoms with van der Waals surface area (Å²) in [6, 6.07) is 7.20. The molecule has 0 bridgehead atoms. The van der Waals surface area contributed by atoms with Crippen LogP contribution in [0, 0.1) is 11.3 Å². The van der Waals surface area contributed by atoms with Gasteiger partial charge in [0.25, 0.3) is 0 Å². The minimum Gasteiger partial charge on any atom is -0.423 e. The van der Waals surface area contributed by atoms with E-state index in [2.05, 4.69) is 11.4 Å². The molecule has 1 fully saturated rings. The van der Waals surface area contributed by atoms with Crippen molar-refractivity contribution in [3.8, 4) is 6.07 Å². The van der Waals surface area contributed by atoms with Crippen molar-refractivity contribution in [1.82, 2.24) is 5.32 Å². The van der Waals surface area contributed by atoms with Gasteiger partial charge in [-0.15, -0.1) is 0 Å². The summed E-state index contributed by atoms with van der Waals surface area (Å²) in [7, 11) is -1.52. The molecule has 0 radical (unpaired) electrons. The highest BCUT2D eigenvalue weighted by molar-refractivity contribution is 6.58. The molecule has 4 nitrogen and oxygen atoms in total. The summed E-state index contributed by atoms with van der Waals surface area (Å²) in [5.74, 6) is 0.356. The lowest BCUT2D eigenvalue weighted by atomic mass is 9.77. The van der Waals surface area contributed by atoms with Crippen LogP contribution in [-0.2, 0) is 0 Å². The Bertz CT molecular complexity index is 437. The summed E-state index contributed by atoms with van der Waals surface area (Å²) >= 11 is 0. The van der Waals surface area contributed by atoms with E-state index in [-0.39, 0.29) is 0 Å². The molecule has 1 aromatic rings. The topological polar surface area (TPSA) is 76.3 Å². The van der Waals surface area contributed by atoms with Gasteiger partial charge in [-0.25, -0.2) is 0 Å². The van der Waals surface area contributed by atoms with Crippen molar-refractivity contribution >= 4 is 12.6 Å². The molecule has 1 aliphatic rings. The fraction of sp³-hybridized carbons (Fsp3) is 0.417. The minimum atomic E-state index is -1.52. The van der Waals surface area contributed by atoms with Crippen LogP contribution in [0.2, 0.25) is 0 Å². The van der Waals surface area contributed by atoms with Gasteiger partial charge < -0.3 is 15.4 Å². The van der Waals surface area contributed by atoms with E-state index in [1.54, 1.807) is 6.07 Å². The van der Waals surface area contributed by atoms with Gasteiger partial charge in [0.1, 0.15) is 0 Å². The normalized spacial score (nSPS) is 19.7. The standard InChI is InChI=1S/C12H15BN2O2/c14-7-9-4-11(6-12(5-9)13(16)17)10-2-1-3-15-8-10/h4-6,10,15-17H,1-3,8H2. The molecule has 5 heteroatoms. The predicted molar refractivity (Wildman–Crippen MR) is 65.8 cm³/mol. The second-order valence-electron chi connectivity index (χ2n) is 4.42. The maximum Gasteiger partial charge on any atom is 0.488 e. The average Bonchev–Trinajstić information content (AvgIpc) is 2.39. The Morgan fingerprint density at radius 1 is 1.35 bits per heavy atom. The molecule has 1 saturated heterocycles. The monoisotopic (exact) mass is 230 g/mol. The molecule has 1 atom stereocenters. The zero-order chi connectivity index (χ0) is 12.3. The first-order valence-electron chi connectivity index (χ1n) is 5.82. The van der Waals surface area contributed by atoms with E-state index < -0.39 is 7.12 Å². The van der Waals surface area contributed by atoms with Crippen molar-refractivity contribution in [3.05, 3.63) is 29.3 Å². The molecule has 1 aromatic carbocycles. The van der Waals surface area contributed by atoms with Gasteiger partial charge in [0.05, 0.1) is 11.6 Å². The highest BCUT2D eigenvalue weighted by Crippen LogP contribution is 2.23.